The highest BCUT2D eigenvalue weighted by atomic mass is 35.5. The molecule has 2 aromatic carbocycles. The van der Waals surface area contributed by atoms with Gasteiger partial charge < -0.3 is 30.4 Å². The Morgan fingerprint density at radius 1 is 0.864 bits per heavy atom. The lowest BCUT2D eigenvalue weighted by molar-refractivity contribution is -0.135. The third-order valence-corrected chi connectivity index (χ3v) is 10.1. The SMILES string of the molecule is CN(C)C(=O)N(C1CCCCC1)C1CCN(C(=O)[C@H](Cc2ccc(Cl)cc2)NC2CCC(Nc3ccccc3O)CC2)CC1. The van der Waals surface area contributed by atoms with E-state index < -0.39 is 0 Å². The van der Waals surface area contributed by atoms with Gasteiger partial charge in [-0.05, 0) is 87.6 Å². The van der Waals surface area contributed by atoms with Crippen LogP contribution in [0, 0.1) is 0 Å². The van der Waals surface area contributed by atoms with E-state index in [2.05, 4.69) is 15.5 Å². The fourth-order valence-corrected chi connectivity index (χ4v) is 7.49. The number of phenols is 1. The number of likely N-dealkylation sites (tertiary alicyclic amines) is 1. The fraction of sp³-hybridized carbons (Fsp3) is 0.600. The molecule has 1 atom stereocenters. The molecule has 9 heteroatoms. The zero-order valence-electron chi connectivity index (χ0n) is 26.4. The number of hydrogen-bond donors (Lipinski definition) is 3. The van der Waals surface area contributed by atoms with Crippen molar-refractivity contribution >= 4 is 29.2 Å². The van der Waals surface area contributed by atoms with Crippen molar-refractivity contribution in [3.05, 3.63) is 59.1 Å². The van der Waals surface area contributed by atoms with Gasteiger partial charge in [0.15, 0.2) is 0 Å². The van der Waals surface area contributed by atoms with Gasteiger partial charge in [-0.3, -0.25) is 4.79 Å². The van der Waals surface area contributed by atoms with Crippen LogP contribution in [0.15, 0.2) is 48.5 Å². The maximum atomic E-state index is 14.1. The number of nitrogens with zero attached hydrogens (tertiary/aromatic N) is 3. The van der Waals surface area contributed by atoms with Gasteiger partial charge in [0.25, 0.3) is 0 Å². The molecule has 44 heavy (non-hydrogen) atoms. The number of piperidine rings is 1. The van der Waals surface area contributed by atoms with Gasteiger partial charge in [-0.2, -0.15) is 0 Å². The molecule has 240 valence electrons. The second kappa shape index (κ2) is 15.3. The largest absolute Gasteiger partial charge is 0.506 e. The molecular formula is C35H50ClN5O3. The van der Waals surface area contributed by atoms with E-state index in [9.17, 15) is 14.7 Å². The summed E-state index contributed by atoms with van der Waals surface area (Å²) >= 11 is 6.16. The molecule has 2 aliphatic carbocycles. The van der Waals surface area contributed by atoms with Gasteiger partial charge in [0, 0.05) is 56.4 Å². The number of halogens is 1. The molecule has 0 bridgehead atoms. The van der Waals surface area contributed by atoms with E-state index >= 15 is 0 Å². The van der Waals surface area contributed by atoms with Crippen molar-refractivity contribution in [1.29, 1.82) is 0 Å². The summed E-state index contributed by atoms with van der Waals surface area (Å²) in [5.41, 5.74) is 1.86. The molecule has 5 rings (SSSR count). The minimum absolute atomic E-state index is 0.108. The van der Waals surface area contributed by atoms with Crippen LogP contribution in [0.25, 0.3) is 0 Å². The van der Waals surface area contributed by atoms with Gasteiger partial charge in [-0.1, -0.05) is 55.1 Å². The topological polar surface area (TPSA) is 88.2 Å². The van der Waals surface area contributed by atoms with Crippen LogP contribution in [0.1, 0.15) is 76.2 Å². The Hall–Kier alpha value is -2.97. The van der Waals surface area contributed by atoms with Crippen LogP contribution < -0.4 is 10.6 Å². The standard InChI is InChI=1S/C35H50ClN5O3/c1-39(2)35(44)41(29-8-4-3-5-9-29)30-20-22-40(23-21-30)34(43)32(24-25-12-14-26(36)15-13-25)38-28-18-16-27(17-19-28)37-31-10-6-7-11-33(31)42/h6-7,10-15,27-30,32,37-38,42H,3-5,8-9,16-24H2,1-2H3/t27?,28?,32-/m0/s1. The molecular weight excluding hydrogens is 574 g/mol. The summed E-state index contributed by atoms with van der Waals surface area (Å²) in [6.07, 6.45) is 11.9. The molecule has 3 N–H and O–H groups in total. The highest BCUT2D eigenvalue weighted by molar-refractivity contribution is 6.30. The quantitative estimate of drug-likeness (QED) is 0.286. The molecule has 1 saturated heterocycles. The molecule has 0 aromatic heterocycles. The van der Waals surface area contributed by atoms with Gasteiger partial charge in [0.2, 0.25) is 5.91 Å². The Bertz CT molecular complexity index is 1220. The fourth-order valence-electron chi connectivity index (χ4n) is 7.36. The first kappa shape index (κ1) is 32.4. The molecule has 0 unspecified atom stereocenters. The Labute approximate surface area is 268 Å². The maximum Gasteiger partial charge on any atom is 0.319 e. The van der Waals surface area contributed by atoms with Crippen molar-refractivity contribution in [3.8, 4) is 5.75 Å². The number of carbonyl (C=O) groups excluding carboxylic acids is 2. The van der Waals surface area contributed by atoms with Crippen LogP contribution in [-0.2, 0) is 11.2 Å². The lowest BCUT2D eigenvalue weighted by Crippen LogP contribution is -2.58. The predicted octanol–water partition coefficient (Wildman–Crippen LogP) is 6.28. The van der Waals surface area contributed by atoms with Crippen LogP contribution in [0.4, 0.5) is 10.5 Å². The molecule has 2 aromatic rings. The van der Waals surface area contributed by atoms with E-state index in [4.69, 9.17) is 11.6 Å². The first-order chi connectivity index (χ1) is 21.3. The Kier molecular flexibility index (Phi) is 11.3. The van der Waals surface area contributed by atoms with Crippen molar-refractivity contribution in [1.82, 2.24) is 20.0 Å². The normalized spacial score (nSPS) is 22.3. The Morgan fingerprint density at radius 2 is 1.48 bits per heavy atom. The van der Waals surface area contributed by atoms with Crippen molar-refractivity contribution < 1.29 is 14.7 Å². The maximum absolute atomic E-state index is 14.1. The summed E-state index contributed by atoms with van der Waals surface area (Å²) < 4.78 is 0. The van der Waals surface area contributed by atoms with Crippen molar-refractivity contribution in [3.63, 3.8) is 0 Å². The third kappa shape index (κ3) is 8.39. The van der Waals surface area contributed by atoms with E-state index in [1.165, 1.54) is 19.3 Å². The molecule has 8 nitrogen and oxygen atoms in total. The number of aromatic hydroxyl groups is 1. The second-order valence-electron chi connectivity index (χ2n) is 13.2. The number of nitrogens with one attached hydrogen (secondary N) is 2. The number of amides is 3. The van der Waals surface area contributed by atoms with Gasteiger partial charge in [-0.15, -0.1) is 0 Å². The monoisotopic (exact) mass is 623 g/mol. The van der Waals surface area contributed by atoms with E-state index in [1.54, 1.807) is 11.0 Å². The molecule has 3 amide bonds. The Morgan fingerprint density at radius 3 is 2.11 bits per heavy atom. The van der Waals surface area contributed by atoms with Crippen LogP contribution in [0.2, 0.25) is 5.02 Å². The smallest absolute Gasteiger partial charge is 0.319 e. The molecule has 1 heterocycles. The van der Waals surface area contributed by atoms with Crippen LogP contribution in [0.5, 0.6) is 5.75 Å². The van der Waals surface area contributed by atoms with Crippen molar-refractivity contribution in [2.24, 2.45) is 0 Å². The lowest BCUT2D eigenvalue weighted by atomic mass is 9.89. The minimum atomic E-state index is -0.321. The number of anilines is 1. The van der Waals surface area contributed by atoms with Crippen molar-refractivity contribution in [2.45, 2.75) is 107 Å². The van der Waals surface area contributed by atoms with Crippen LogP contribution in [-0.4, -0.2) is 89.1 Å². The summed E-state index contributed by atoms with van der Waals surface area (Å²) in [6, 6.07) is 16.0. The first-order valence-corrected chi connectivity index (χ1v) is 17.0. The molecule has 0 spiro atoms. The molecule has 3 fully saturated rings. The summed E-state index contributed by atoms with van der Waals surface area (Å²) in [5.74, 6) is 0.425. The number of para-hydroxylation sites is 2. The summed E-state index contributed by atoms with van der Waals surface area (Å²) in [4.78, 5) is 33.3. The number of rotatable bonds is 9. The third-order valence-electron chi connectivity index (χ3n) is 9.82. The van der Waals surface area contributed by atoms with Gasteiger partial charge in [0.05, 0.1) is 11.7 Å². The number of urea groups is 1. The molecule has 3 aliphatic rings. The van der Waals surface area contributed by atoms with E-state index in [-0.39, 0.29) is 35.8 Å². The summed E-state index contributed by atoms with van der Waals surface area (Å²) in [7, 11) is 3.69. The molecule has 0 radical (unpaired) electrons. The minimum Gasteiger partial charge on any atom is -0.506 e. The summed E-state index contributed by atoms with van der Waals surface area (Å²) in [5, 5.41) is 18.1. The van der Waals surface area contributed by atoms with Crippen LogP contribution >= 0.6 is 11.6 Å². The van der Waals surface area contributed by atoms with Crippen molar-refractivity contribution in [2.75, 3.05) is 32.5 Å². The molecule has 2 saturated carbocycles. The second-order valence-corrected chi connectivity index (χ2v) is 13.6. The number of benzene rings is 2. The zero-order chi connectivity index (χ0) is 31.1. The zero-order valence-corrected chi connectivity index (χ0v) is 27.1. The predicted molar refractivity (Wildman–Crippen MR) is 177 cm³/mol. The van der Waals surface area contributed by atoms with E-state index in [1.807, 2.05) is 61.5 Å². The number of hydrogen-bond acceptors (Lipinski definition) is 5. The van der Waals surface area contributed by atoms with E-state index in [0.29, 0.717) is 36.6 Å². The van der Waals surface area contributed by atoms with E-state index in [0.717, 1.165) is 62.6 Å². The van der Waals surface area contributed by atoms with Gasteiger partial charge >= 0.3 is 6.03 Å². The summed E-state index contributed by atoms with van der Waals surface area (Å²) in [6.45, 7) is 1.34. The lowest BCUT2D eigenvalue weighted by Gasteiger charge is -2.45. The molecule has 1 aliphatic heterocycles. The highest BCUT2D eigenvalue weighted by Gasteiger charge is 2.37. The van der Waals surface area contributed by atoms with Gasteiger partial charge in [-0.25, -0.2) is 4.79 Å². The van der Waals surface area contributed by atoms with Gasteiger partial charge in [0.1, 0.15) is 5.75 Å². The number of phenolic OH excluding ortho intramolecular Hbond substituents is 1. The van der Waals surface area contributed by atoms with Crippen LogP contribution in [0.3, 0.4) is 0 Å². The highest BCUT2D eigenvalue weighted by Crippen LogP contribution is 2.30. The average Bonchev–Trinajstić information content (AvgIpc) is 3.04. The average molecular weight is 624 g/mol. The Balaban J connectivity index is 1.21. The number of carbonyl (C=O) groups is 2. The first-order valence-electron chi connectivity index (χ1n) is 16.6.